The van der Waals surface area contributed by atoms with Gasteiger partial charge in [-0.05, 0) is 23.8 Å². The van der Waals surface area contributed by atoms with Crippen LogP contribution in [0.25, 0.3) is 22.3 Å². The number of nitrogens with zero attached hydrogens (tertiary/aromatic N) is 6. The number of aromatic nitrogens is 4. The van der Waals surface area contributed by atoms with Gasteiger partial charge in [-0.3, -0.25) is 9.78 Å². The third kappa shape index (κ3) is 4.81. The summed E-state index contributed by atoms with van der Waals surface area (Å²) in [7, 11) is -2.01. The maximum absolute atomic E-state index is 12.9. The van der Waals surface area contributed by atoms with E-state index in [0.717, 1.165) is 5.56 Å². The van der Waals surface area contributed by atoms with Crippen LogP contribution in [-0.2, 0) is 21.4 Å². The Balaban J connectivity index is 1.46. The molecule has 0 atom stereocenters. The molecule has 0 aliphatic carbocycles. The van der Waals surface area contributed by atoms with Crippen molar-refractivity contribution in [1.82, 2.24) is 29.6 Å². The Morgan fingerprint density at radius 2 is 1.86 bits per heavy atom. The van der Waals surface area contributed by atoms with Crippen LogP contribution in [0.3, 0.4) is 0 Å². The molecule has 1 fully saturated rings. The Kier molecular flexibility index (Phi) is 6.10. The molecular formula is C24H23N7O3S. The van der Waals surface area contributed by atoms with Crippen LogP contribution < -0.4 is 9.62 Å². The lowest BCUT2D eigenvalue weighted by Crippen LogP contribution is -2.49. The van der Waals surface area contributed by atoms with Gasteiger partial charge in [0, 0.05) is 44.6 Å². The molecule has 0 radical (unpaired) electrons. The number of hydrogen-bond acceptors (Lipinski definition) is 8. The number of piperazine rings is 1. The first-order valence-corrected chi connectivity index (χ1v) is 12.5. The molecule has 0 saturated carbocycles. The van der Waals surface area contributed by atoms with Crippen molar-refractivity contribution in [3.05, 3.63) is 72.8 Å². The monoisotopic (exact) mass is 489 g/mol. The van der Waals surface area contributed by atoms with Crippen LogP contribution in [0.2, 0.25) is 0 Å². The second-order valence-electron chi connectivity index (χ2n) is 8.22. The second kappa shape index (κ2) is 9.35. The summed E-state index contributed by atoms with van der Waals surface area (Å²) >= 11 is 0. The van der Waals surface area contributed by atoms with Crippen molar-refractivity contribution in [3.8, 4) is 11.3 Å². The average Bonchev–Trinajstić information content (AvgIpc) is 2.89. The summed E-state index contributed by atoms with van der Waals surface area (Å²) in [5, 5.41) is 0. The molecule has 1 aliphatic rings. The molecule has 4 heterocycles. The molecule has 1 aromatic carbocycles. The predicted molar refractivity (Wildman–Crippen MR) is 131 cm³/mol. The Bertz CT molecular complexity index is 1500. The molecule has 0 unspecified atom stereocenters. The molecule has 10 nitrogen and oxygen atoms in total. The number of carbonyl (C=O) groups excluding carboxylic acids is 1. The van der Waals surface area contributed by atoms with E-state index >= 15 is 0 Å². The molecule has 1 N–H and O–H groups in total. The largest absolute Gasteiger partial charge is 0.344 e. The summed E-state index contributed by atoms with van der Waals surface area (Å²) in [4.78, 5) is 33.4. The van der Waals surface area contributed by atoms with Gasteiger partial charge in [-0.1, -0.05) is 30.3 Å². The summed E-state index contributed by atoms with van der Waals surface area (Å²) in [5.74, 6) is 0.573. The van der Waals surface area contributed by atoms with Crippen LogP contribution in [-0.4, -0.2) is 65.8 Å². The number of pyridine rings is 2. The first-order chi connectivity index (χ1) is 16.9. The van der Waals surface area contributed by atoms with Crippen LogP contribution in [0.1, 0.15) is 5.56 Å². The molecule has 4 aromatic rings. The van der Waals surface area contributed by atoms with Gasteiger partial charge in [0.15, 0.2) is 5.82 Å². The summed E-state index contributed by atoms with van der Waals surface area (Å²) in [5.41, 5.74) is 3.09. The zero-order valence-electron chi connectivity index (χ0n) is 19.0. The quantitative estimate of drug-likeness (QED) is 0.436. The highest BCUT2D eigenvalue weighted by molar-refractivity contribution is 7.89. The standard InChI is InChI=1S/C24H23N7O3S/c1-30-9-10-31(15-22(30)32)24-23-21(26-16-27-24)8-7-20(29-23)18-11-19(14-25-13-18)35(33,34)28-12-17-5-3-2-4-6-17/h2-8,11,13-14,16,28H,9-10,12,15H2,1H3. The zero-order valence-corrected chi connectivity index (χ0v) is 19.8. The fourth-order valence-electron chi connectivity index (χ4n) is 3.82. The van der Waals surface area contributed by atoms with Crippen molar-refractivity contribution < 1.29 is 13.2 Å². The van der Waals surface area contributed by atoms with E-state index < -0.39 is 10.0 Å². The van der Waals surface area contributed by atoms with Crippen LogP contribution in [0.15, 0.2) is 72.1 Å². The minimum absolute atomic E-state index is 0.00396. The minimum Gasteiger partial charge on any atom is -0.344 e. The maximum Gasteiger partial charge on any atom is 0.242 e. The Labute approximate surface area is 202 Å². The van der Waals surface area contributed by atoms with Gasteiger partial charge in [-0.15, -0.1) is 0 Å². The van der Waals surface area contributed by atoms with E-state index in [4.69, 9.17) is 4.98 Å². The summed E-state index contributed by atoms with van der Waals surface area (Å²) in [6.45, 7) is 1.59. The minimum atomic E-state index is -3.78. The van der Waals surface area contributed by atoms with Crippen molar-refractivity contribution >= 4 is 32.8 Å². The Morgan fingerprint density at radius 1 is 1.03 bits per heavy atom. The van der Waals surface area contributed by atoms with Crippen molar-refractivity contribution in [3.63, 3.8) is 0 Å². The fourth-order valence-corrected chi connectivity index (χ4v) is 4.83. The van der Waals surface area contributed by atoms with Gasteiger partial charge >= 0.3 is 0 Å². The molecule has 1 aliphatic heterocycles. The number of hydrogen-bond donors (Lipinski definition) is 1. The lowest BCUT2D eigenvalue weighted by molar-refractivity contribution is -0.129. The van der Waals surface area contributed by atoms with Crippen molar-refractivity contribution in [2.45, 2.75) is 11.4 Å². The number of sulfonamides is 1. The number of benzene rings is 1. The van der Waals surface area contributed by atoms with Gasteiger partial charge in [0.05, 0.1) is 17.8 Å². The highest BCUT2D eigenvalue weighted by Crippen LogP contribution is 2.27. The number of anilines is 1. The smallest absolute Gasteiger partial charge is 0.242 e. The average molecular weight is 490 g/mol. The molecular weight excluding hydrogens is 466 g/mol. The zero-order chi connectivity index (χ0) is 24.4. The van der Waals surface area contributed by atoms with Crippen molar-refractivity contribution in [2.24, 2.45) is 0 Å². The van der Waals surface area contributed by atoms with E-state index in [1.165, 1.54) is 18.6 Å². The Hall–Kier alpha value is -3.96. The number of fused-ring (bicyclic) bond motifs is 1. The molecule has 0 bridgehead atoms. The van der Waals surface area contributed by atoms with E-state index in [1.54, 1.807) is 30.3 Å². The highest BCUT2D eigenvalue weighted by atomic mass is 32.2. The number of rotatable bonds is 6. The predicted octanol–water partition coefficient (Wildman–Crippen LogP) is 1.84. The number of amides is 1. The third-order valence-corrected chi connectivity index (χ3v) is 7.22. The molecule has 1 amide bonds. The second-order valence-corrected chi connectivity index (χ2v) is 9.98. The number of likely N-dealkylation sites (N-methyl/N-ethyl adjacent to an activating group) is 1. The van der Waals surface area contributed by atoms with E-state index in [2.05, 4.69) is 19.7 Å². The fraction of sp³-hybridized carbons (Fsp3) is 0.208. The molecule has 5 rings (SSSR count). The molecule has 178 valence electrons. The molecule has 0 spiro atoms. The van der Waals surface area contributed by atoms with Crippen LogP contribution in [0.4, 0.5) is 5.82 Å². The van der Waals surface area contributed by atoms with Gasteiger partial charge in [0.2, 0.25) is 15.9 Å². The van der Waals surface area contributed by atoms with Crippen LogP contribution >= 0.6 is 0 Å². The summed E-state index contributed by atoms with van der Waals surface area (Å²) in [6.07, 6.45) is 4.32. The molecule has 35 heavy (non-hydrogen) atoms. The van der Waals surface area contributed by atoms with Crippen LogP contribution in [0, 0.1) is 0 Å². The van der Waals surface area contributed by atoms with E-state index in [9.17, 15) is 13.2 Å². The van der Waals surface area contributed by atoms with Gasteiger partial charge < -0.3 is 9.80 Å². The third-order valence-electron chi connectivity index (χ3n) is 5.85. The van der Waals surface area contributed by atoms with Gasteiger partial charge in [0.1, 0.15) is 16.7 Å². The van der Waals surface area contributed by atoms with Gasteiger partial charge in [-0.25, -0.2) is 28.1 Å². The van der Waals surface area contributed by atoms with E-state index in [1.807, 2.05) is 35.2 Å². The first kappa shape index (κ1) is 22.8. The lowest BCUT2D eigenvalue weighted by atomic mass is 10.1. The van der Waals surface area contributed by atoms with Crippen molar-refractivity contribution in [2.75, 3.05) is 31.6 Å². The van der Waals surface area contributed by atoms with E-state index in [-0.39, 0.29) is 23.9 Å². The van der Waals surface area contributed by atoms with Crippen molar-refractivity contribution in [1.29, 1.82) is 0 Å². The Morgan fingerprint density at radius 3 is 2.66 bits per heavy atom. The van der Waals surface area contributed by atoms with Gasteiger partial charge in [-0.2, -0.15) is 0 Å². The molecule has 1 saturated heterocycles. The number of carbonyl (C=O) groups is 1. The molecule has 11 heteroatoms. The highest BCUT2D eigenvalue weighted by Gasteiger charge is 2.24. The maximum atomic E-state index is 12.9. The first-order valence-electron chi connectivity index (χ1n) is 11.0. The number of nitrogens with one attached hydrogen (secondary N) is 1. The summed E-state index contributed by atoms with van der Waals surface area (Å²) in [6, 6.07) is 14.4. The lowest BCUT2D eigenvalue weighted by Gasteiger charge is -2.32. The SMILES string of the molecule is CN1CCN(c2ncnc3ccc(-c4cncc(S(=O)(=O)NCc5ccccc5)c4)nc23)CC1=O. The molecule has 3 aromatic heterocycles. The topological polar surface area (TPSA) is 121 Å². The van der Waals surface area contributed by atoms with Crippen LogP contribution in [0.5, 0.6) is 0 Å². The van der Waals surface area contributed by atoms with E-state index in [0.29, 0.717) is 41.2 Å². The van der Waals surface area contributed by atoms with Gasteiger partial charge in [0.25, 0.3) is 0 Å². The summed E-state index contributed by atoms with van der Waals surface area (Å²) < 4.78 is 28.4. The normalized spacial score (nSPS) is 14.5.